The Bertz CT molecular complexity index is 651. The summed E-state index contributed by atoms with van der Waals surface area (Å²) >= 11 is 5.61. The number of hydrogen-bond donors (Lipinski definition) is 2. The molecule has 1 aliphatic rings. The van der Waals surface area contributed by atoms with E-state index >= 15 is 0 Å². The normalized spacial score (nSPS) is 17.6. The summed E-state index contributed by atoms with van der Waals surface area (Å²) in [5.41, 5.74) is 5.54. The van der Waals surface area contributed by atoms with Crippen LogP contribution in [0.1, 0.15) is 6.42 Å². The summed E-state index contributed by atoms with van der Waals surface area (Å²) in [6, 6.07) is 2.13. The Balaban J connectivity index is 2.47. The van der Waals surface area contributed by atoms with Gasteiger partial charge >= 0.3 is 0 Å². The molecule has 6 nitrogen and oxygen atoms in total. The molecule has 0 radical (unpaired) electrons. The molecule has 1 saturated heterocycles. The Hall–Kier alpha value is -1.38. The number of anilines is 1. The number of benzene rings is 1. The van der Waals surface area contributed by atoms with Crippen LogP contribution in [0.3, 0.4) is 0 Å². The van der Waals surface area contributed by atoms with Gasteiger partial charge in [-0.3, -0.25) is 4.79 Å². The van der Waals surface area contributed by atoms with Crippen molar-refractivity contribution >= 4 is 33.2 Å². The van der Waals surface area contributed by atoms with E-state index in [1.54, 1.807) is 0 Å². The van der Waals surface area contributed by atoms with Crippen molar-refractivity contribution in [2.24, 2.45) is 0 Å². The lowest BCUT2D eigenvalue weighted by atomic mass is 10.3. The summed E-state index contributed by atoms with van der Waals surface area (Å²) in [5, 5.41) is 2.17. The van der Waals surface area contributed by atoms with Gasteiger partial charge in [0, 0.05) is 18.8 Å². The Labute approximate surface area is 120 Å². The maximum absolute atomic E-state index is 13.9. The predicted molar refractivity (Wildman–Crippen MR) is 72.2 cm³/mol. The molecule has 3 N–H and O–H groups in total. The zero-order valence-corrected chi connectivity index (χ0v) is 12.0. The molecular formula is C11H13ClFN3O3S. The standard InChI is InChI=1S/C11H13ClFN3O3S/c12-8-4-7(14)5-9(11(8)13)20(18,19)16-3-1-2-15-10(17)6-16/h4-5H,1-3,6,14H2,(H,15,17). The van der Waals surface area contributed by atoms with Crippen LogP contribution in [0.2, 0.25) is 5.02 Å². The van der Waals surface area contributed by atoms with E-state index in [0.717, 1.165) is 16.4 Å². The van der Waals surface area contributed by atoms with Crippen molar-refractivity contribution in [1.29, 1.82) is 0 Å². The number of nitrogens with zero attached hydrogens (tertiary/aromatic N) is 1. The zero-order valence-electron chi connectivity index (χ0n) is 10.4. The number of carbonyl (C=O) groups excluding carboxylic acids is 1. The Kier molecular flexibility index (Phi) is 4.17. The highest BCUT2D eigenvalue weighted by atomic mass is 35.5. The van der Waals surface area contributed by atoms with E-state index in [1.807, 2.05) is 0 Å². The number of sulfonamides is 1. The average Bonchev–Trinajstić information content (AvgIpc) is 2.58. The molecule has 110 valence electrons. The molecule has 1 fully saturated rings. The van der Waals surface area contributed by atoms with E-state index in [-0.39, 0.29) is 23.8 Å². The first-order valence-corrected chi connectivity index (χ1v) is 7.65. The smallest absolute Gasteiger partial charge is 0.246 e. The highest BCUT2D eigenvalue weighted by Crippen LogP contribution is 2.28. The Morgan fingerprint density at radius 3 is 2.80 bits per heavy atom. The summed E-state index contributed by atoms with van der Waals surface area (Å²) in [7, 11) is -4.16. The van der Waals surface area contributed by atoms with Crippen molar-refractivity contribution in [3.8, 4) is 0 Å². The Morgan fingerprint density at radius 2 is 2.10 bits per heavy atom. The van der Waals surface area contributed by atoms with Gasteiger partial charge < -0.3 is 11.1 Å². The molecule has 9 heteroatoms. The van der Waals surface area contributed by atoms with Crippen molar-refractivity contribution < 1.29 is 17.6 Å². The fourth-order valence-corrected chi connectivity index (χ4v) is 3.73. The summed E-state index contributed by atoms with van der Waals surface area (Å²) in [5.74, 6) is -1.49. The van der Waals surface area contributed by atoms with Crippen molar-refractivity contribution in [2.45, 2.75) is 11.3 Å². The zero-order chi connectivity index (χ0) is 14.9. The molecule has 0 unspecified atom stereocenters. The number of carbonyl (C=O) groups is 1. The van der Waals surface area contributed by atoms with Crippen LogP contribution >= 0.6 is 11.6 Å². The van der Waals surface area contributed by atoms with Gasteiger partial charge in [0.1, 0.15) is 4.90 Å². The molecule has 1 amide bonds. The van der Waals surface area contributed by atoms with Gasteiger partial charge in [-0.25, -0.2) is 12.8 Å². The van der Waals surface area contributed by atoms with E-state index in [9.17, 15) is 17.6 Å². The van der Waals surface area contributed by atoms with Gasteiger partial charge in [0.05, 0.1) is 11.6 Å². The number of nitrogens with one attached hydrogen (secondary N) is 1. The topological polar surface area (TPSA) is 92.5 Å². The van der Waals surface area contributed by atoms with E-state index in [2.05, 4.69) is 5.32 Å². The van der Waals surface area contributed by atoms with E-state index in [4.69, 9.17) is 17.3 Å². The molecule has 1 heterocycles. The summed E-state index contributed by atoms with van der Waals surface area (Å²) < 4.78 is 39.7. The third kappa shape index (κ3) is 2.87. The van der Waals surface area contributed by atoms with Gasteiger partial charge in [0.15, 0.2) is 5.82 Å². The second-order valence-corrected chi connectivity index (χ2v) is 6.67. The van der Waals surface area contributed by atoms with Crippen molar-refractivity contribution in [3.63, 3.8) is 0 Å². The van der Waals surface area contributed by atoms with Crippen molar-refractivity contribution in [2.75, 3.05) is 25.4 Å². The minimum Gasteiger partial charge on any atom is -0.399 e. The van der Waals surface area contributed by atoms with Crippen LogP contribution in [0.25, 0.3) is 0 Å². The fraction of sp³-hybridized carbons (Fsp3) is 0.364. The van der Waals surface area contributed by atoms with Gasteiger partial charge in [0.2, 0.25) is 15.9 Å². The quantitative estimate of drug-likeness (QED) is 0.779. The number of hydrogen-bond acceptors (Lipinski definition) is 4. The fourth-order valence-electron chi connectivity index (χ4n) is 1.89. The third-order valence-electron chi connectivity index (χ3n) is 2.86. The van der Waals surface area contributed by atoms with Crippen LogP contribution in [0, 0.1) is 5.82 Å². The van der Waals surface area contributed by atoms with Crippen LogP contribution in [0.4, 0.5) is 10.1 Å². The molecule has 0 aromatic heterocycles. The predicted octanol–water partition coefficient (Wildman–Crippen LogP) is 0.572. The van der Waals surface area contributed by atoms with E-state index in [0.29, 0.717) is 13.0 Å². The number of halogens is 2. The number of amides is 1. The molecule has 1 aliphatic heterocycles. The summed E-state index contributed by atoms with van der Waals surface area (Å²) in [6.07, 6.45) is 0.447. The first-order chi connectivity index (χ1) is 9.32. The van der Waals surface area contributed by atoms with Crippen molar-refractivity contribution in [1.82, 2.24) is 9.62 Å². The minimum absolute atomic E-state index is 0.0363. The molecule has 0 spiro atoms. The molecule has 20 heavy (non-hydrogen) atoms. The third-order valence-corrected chi connectivity index (χ3v) is 4.98. The van der Waals surface area contributed by atoms with Gasteiger partial charge in [-0.15, -0.1) is 0 Å². The minimum atomic E-state index is -4.16. The highest BCUT2D eigenvalue weighted by molar-refractivity contribution is 7.89. The monoisotopic (exact) mass is 321 g/mol. The van der Waals surface area contributed by atoms with E-state index < -0.39 is 26.6 Å². The number of rotatable bonds is 2. The van der Waals surface area contributed by atoms with Crippen LogP contribution in [0.15, 0.2) is 17.0 Å². The lowest BCUT2D eigenvalue weighted by Crippen LogP contribution is -2.37. The molecular weight excluding hydrogens is 309 g/mol. The van der Waals surface area contributed by atoms with Crippen molar-refractivity contribution in [3.05, 3.63) is 23.0 Å². The first-order valence-electron chi connectivity index (χ1n) is 5.84. The van der Waals surface area contributed by atoms with Gasteiger partial charge in [-0.2, -0.15) is 4.31 Å². The highest BCUT2D eigenvalue weighted by Gasteiger charge is 2.31. The lowest BCUT2D eigenvalue weighted by Gasteiger charge is -2.19. The lowest BCUT2D eigenvalue weighted by molar-refractivity contribution is -0.120. The second kappa shape index (κ2) is 5.55. The maximum Gasteiger partial charge on any atom is 0.246 e. The molecule has 2 rings (SSSR count). The van der Waals surface area contributed by atoms with Crippen LogP contribution in [0.5, 0.6) is 0 Å². The molecule has 1 aromatic rings. The van der Waals surface area contributed by atoms with Gasteiger partial charge in [0.25, 0.3) is 0 Å². The Morgan fingerprint density at radius 1 is 1.40 bits per heavy atom. The number of nitrogens with two attached hydrogens (primary N) is 1. The number of nitrogen functional groups attached to an aromatic ring is 1. The molecule has 0 bridgehead atoms. The molecule has 0 atom stereocenters. The molecule has 0 aliphatic carbocycles. The van der Waals surface area contributed by atoms with Gasteiger partial charge in [-0.05, 0) is 18.6 Å². The second-order valence-electron chi connectivity index (χ2n) is 4.36. The summed E-state index contributed by atoms with van der Waals surface area (Å²) in [4.78, 5) is 10.8. The SMILES string of the molecule is Nc1cc(Cl)c(F)c(S(=O)(=O)N2CCCNC(=O)C2)c1. The largest absolute Gasteiger partial charge is 0.399 e. The van der Waals surface area contributed by atoms with Crippen LogP contribution in [-0.4, -0.2) is 38.3 Å². The summed E-state index contributed by atoms with van der Waals surface area (Å²) in [6.45, 7) is 0.145. The van der Waals surface area contributed by atoms with E-state index in [1.165, 1.54) is 0 Å². The first kappa shape index (κ1) is 15.0. The molecule has 1 aromatic carbocycles. The molecule has 0 saturated carbocycles. The average molecular weight is 322 g/mol. The van der Waals surface area contributed by atoms with Crippen LogP contribution < -0.4 is 11.1 Å². The van der Waals surface area contributed by atoms with Gasteiger partial charge in [-0.1, -0.05) is 11.6 Å². The van der Waals surface area contributed by atoms with Crippen LogP contribution in [-0.2, 0) is 14.8 Å². The maximum atomic E-state index is 13.9.